The number of hydrogen-bond donors (Lipinski definition) is 2. The minimum Gasteiger partial charge on any atom is -0.385 e. The fourth-order valence-electron chi connectivity index (χ4n) is 4.01. The van der Waals surface area contributed by atoms with E-state index >= 15 is 0 Å². The number of nitrogens with zero attached hydrogens (tertiary/aromatic N) is 1. The second-order valence-corrected chi connectivity index (χ2v) is 7.26. The first-order valence-electron chi connectivity index (χ1n) is 9.53. The van der Waals surface area contributed by atoms with E-state index in [-0.39, 0.29) is 18.0 Å². The quantitative estimate of drug-likeness (QED) is 0.857. The molecule has 2 heterocycles. The summed E-state index contributed by atoms with van der Waals surface area (Å²) >= 11 is 0. The number of piperidine rings is 1. The molecule has 5 nitrogen and oxygen atoms in total. The number of aliphatic hydroxyl groups is 1. The monoisotopic (exact) mass is 346 g/mol. The van der Waals surface area contributed by atoms with Gasteiger partial charge in [0.05, 0.1) is 18.8 Å². The number of likely N-dealkylation sites (tertiary alicyclic amines) is 1. The van der Waals surface area contributed by atoms with Crippen molar-refractivity contribution in [2.75, 3.05) is 26.3 Å². The molecule has 2 aliphatic heterocycles. The Labute approximate surface area is 150 Å². The van der Waals surface area contributed by atoms with Crippen LogP contribution >= 0.6 is 0 Å². The third-order valence-electron chi connectivity index (χ3n) is 5.49. The summed E-state index contributed by atoms with van der Waals surface area (Å²) in [6.45, 7) is 4.58. The number of benzene rings is 1. The van der Waals surface area contributed by atoms with Crippen molar-refractivity contribution < 1.29 is 14.6 Å². The summed E-state index contributed by atoms with van der Waals surface area (Å²) in [5, 5.41) is 14.5. The summed E-state index contributed by atoms with van der Waals surface area (Å²) in [6.07, 6.45) is 4.28. The Morgan fingerprint density at radius 3 is 2.88 bits per heavy atom. The number of carbonyl (C=O) groups is 1. The zero-order valence-corrected chi connectivity index (χ0v) is 15.1. The Morgan fingerprint density at radius 2 is 2.20 bits per heavy atom. The molecule has 1 aromatic carbocycles. The molecular weight excluding hydrogens is 316 g/mol. The molecule has 2 fully saturated rings. The van der Waals surface area contributed by atoms with E-state index in [0.29, 0.717) is 32.6 Å². The highest BCUT2D eigenvalue weighted by Crippen LogP contribution is 2.37. The lowest BCUT2D eigenvalue weighted by atomic mass is 9.79. The van der Waals surface area contributed by atoms with Crippen LogP contribution in [0.1, 0.15) is 44.6 Å². The van der Waals surface area contributed by atoms with Crippen molar-refractivity contribution in [1.82, 2.24) is 10.2 Å². The average molecular weight is 346 g/mol. The molecule has 2 unspecified atom stereocenters. The molecule has 3 rings (SSSR count). The maximum atomic E-state index is 13.0. The normalized spacial score (nSPS) is 30.2. The number of nitrogens with one attached hydrogen (secondary N) is 1. The lowest BCUT2D eigenvalue weighted by molar-refractivity contribution is -0.146. The smallest absolute Gasteiger partial charge is 0.242 e. The topological polar surface area (TPSA) is 61.8 Å². The van der Waals surface area contributed by atoms with Gasteiger partial charge in [-0.1, -0.05) is 50.1 Å². The highest BCUT2D eigenvalue weighted by molar-refractivity contribution is 5.82. The predicted molar refractivity (Wildman–Crippen MR) is 97.2 cm³/mol. The molecule has 1 aromatic rings. The standard InChI is InChI=1S/C20H30N2O3/c1-2-3-9-17-14-20(24,16-7-5-4-6-8-16)10-12-22(17)19(23)18-15-25-13-11-21-18/h4-8,17-18,21,24H,2-3,9-15H2,1H3/t17-,18?,20?/m0/s1. The molecule has 0 saturated carbocycles. The molecule has 0 spiro atoms. The maximum Gasteiger partial charge on any atom is 0.242 e. The average Bonchev–Trinajstić information content (AvgIpc) is 2.67. The van der Waals surface area contributed by atoms with Crippen LogP contribution in [0.25, 0.3) is 0 Å². The predicted octanol–water partition coefficient (Wildman–Crippen LogP) is 2.04. The van der Waals surface area contributed by atoms with Gasteiger partial charge in [-0.25, -0.2) is 0 Å². The minimum atomic E-state index is -0.840. The minimum absolute atomic E-state index is 0.0788. The van der Waals surface area contributed by atoms with Crippen LogP contribution in [-0.4, -0.2) is 54.3 Å². The Balaban J connectivity index is 1.75. The zero-order valence-electron chi connectivity index (χ0n) is 15.1. The Kier molecular flexibility index (Phi) is 6.10. The van der Waals surface area contributed by atoms with Crippen LogP contribution in [0.4, 0.5) is 0 Å². The molecule has 2 saturated heterocycles. The van der Waals surface area contributed by atoms with Gasteiger partial charge in [0.25, 0.3) is 0 Å². The fraction of sp³-hybridized carbons (Fsp3) is 0.650. The summed E-state index contributed by atoms with van der Waals surface area (Å²) in [4.78, 5) is 15.0. The number of morpholine rings is 1. The van der Waals surface area contributed by atoms with E-state index in [1.807, 2.05) is 35.2 Å². The summed E-state index contributed by atoms with van der Waals surface area (Å²) in [7, 11) is 0. The van der Waals surface area contributed by atoms with E-state index in [9.17, 15) is 9.90 Å². The molecule has 3 atom stereocenters. The third-order valence-corrected chi connectivity index (χ3v) is 5.49. The molecule has 2 N–H and O–H groups in total. The lowest BCUT2D eigenvalue weighted by Gasteiger charge is -2.45. The number of carbonyl (C=O) groups excluding carboxylic acids is 1. The van der Waals surface area contributed by atoms with Crippen LogP contribution in [0.5, 0.6) is 0 Å². The van der Waals surface area contributed by atoms with Crippen molar-refractivity contribution in [3.05, 3.63) is 35.9 Å². The molecular formula is C20H30N2O3. The van der Waals surface area contributed by atoms with Crippen LogP contribution < -0.4 is 5.32 Å². The first kappa shape index (κ1) is 18.4. The Morgan fingerprint density at radius 1 is 1.40 bits per heavy atom. The first-order valence-corrected chi connectivity index (χ1v) is 9.53. The lowest BCUT2D eigenvalue weighted by Crippen LogP contribution is -2.58. The number of ether oxygens (including phenoxy) is 1. The number of unbranched alkanes of at least 4 members (excludes halogenated alkanes) is 1. The Hall–Kier alpha value is -1.43. The molecule has 0 aliphatic carbocycles. The van der Waals surface area contributed by atoms with Crippen molar-refractivity contribution in [1.29, 1.82) is 0 Å². The first-order chi connectivity index (χ1) is 12.1. The number of rotatable bonds is 5. The van der Waals surface area contributed by atoms with E-state index in [0.717, 1.165) is 31.4 Å². The molecule has 5 heteroatoms. The van der Waals surface area contributed by atoms with Crippen LogP contribution in [-0.2, 0) is 15.1 Å². The third kappa shape index (κ3) is 4.22. The van der Waals surface area contributed by atoms with Crippen molar-refractivity contribution in [2.45, 2.75) is 56.7 Å². The van der Waals surface area contributed by atoms with E-state index in [4.69, 9.17) is 4.74 Å². The summed E-state index contributed by atoms with van der Waals surface area (Å²) in [5.41, 5.74) is 0.121. The second-order valence-electron chi connectivity index (χ2n) is 7.26. The maximum absolute atomic E-state index is 13.0. The zero-order chi connectivity index (χ0) is 17.7. The van der Waals surface area contributed by atoms with Gasteiger partial charge in [-0.2, -0.15) is 0 Å². The molecule has 2 aliphatic rings. The van der Waals surface area contributed by atoms with Crippen molar-refractivity contribution >= 4 is 5.91 Å². The van der Waals surface area contributed by atoms with E-state index in [1.54, 1.807) is 0 Å². The van der Waals surface area contributed by atoms with E-state index in [2.05, 4.69) is 12.2 Å². The van der Waals surface area contributed by atoms with Crippen LogP contribution in [0.3, 0.4) is 0 Å². The van der Waals surface area contributed by atoms with Crippen LogP contribution in [0.2, 0.25) is 0 Å². The summed E-state index contributed by atoms with van der Waals surface area (Å²) in [5.74, 6) is 0.121. The largest absolute Gasteiger partial charge is 0.385 e. The van der Waals surface area contributed by atoms with Gasteiger partial charge in [0.15, 0.2) is 0 Å². The van der Waals surface area contributed by atoms with Gasteiger partial charge in [0, 0.05) is 25.6 Å². The molecule has 138 valence electrons. The Bertz CT molecular complexity index is 559. The van der Waals surface area contributed by atoms with E-state index in [1.165, 1.54) is 0 Å². The number of amides is 1. The molecule has 25 heavy (non-hydrogen) atoms. The molecule has 1 amide bonds. The van der Waals surface area contributed by atoms with Gasteiger partial charge in [0.2, 0.25) is 5.91 Å². The van der Waals surface area contributed by atoms with Crippen LogP contribution in [0.15, 0.2) is 30.3 Å². The highest BCUT2D eigenvalue weighted by atomic mass is 16.5. The molecule has 0 bridgehead atoms. The fourth-order valence-corrected chi connectivity index (χ4v) is 4.01. The van der Waals surface area contributed by atoms with Gasteiger partial charge in [0.1, 0.15) is 6.04 Å². The summed E-state index contributed by atoms with van der Waals surface area (Å²) < 4.78 is 5.46. The van der Waals surface area contributed by atoms with Gasteiger partial charge < -0.3 is 20.1 Å². The van der Waals surface area contributed by atoms with Crippen molar-refractivity contribution in [2.24, 2.45) is 0 Å². The van der Waals surface area contributed by atoms with Crippen molar-refractivity contribution in [3.63, 3.8) is 0 Å². The van der Waals surface area contributed by atoms with Gasteiger partial charge in [-0.05, 0) is 18.4 Å². The highest BCUT2D eigenvalue weighted by Gasteiger charge is 2.42. The van der Waals surface area contributed by atoms with Crippen molar-refractivity contribution in [3.8, 4) is 0 Å². The second kappa shape index (κ2) is 8.30. The SMILES string of the molecule is CCCC[C@H]1CC(O)(c2ccccc2)CCN1C(=O)C1COCCN1. The van der Waals surface area contributed by atoms with E-state index < -0.39 is 5.60 Å². The summed E-state index contributed by atoms with van der Waals surface area (Å²) in [6, 6.07) is 9.71. The molecule has 0 aromatic heterocycles. The molecule has 0 radical (unpaired) electrons. The number of hydrogen-bond acceptors (Lipinski definition) is 4. The van der Waals surface area contributed by atoms with Gasteiger partial charge >= 0.3 is 0 Å². The van der Waals surface area contributed by atoms with Gasteiger partial charge in [-0.15, -0.1) is 0 Å². The van der Waals surface area contributed by atoms with Crippen LogP contribution in [0, 0.1) is 0 Å². The van der Waals surface area contributed by atoms with Gasteiger partial charge in [-0.3, -0.25) is 4.79 Å².